The largest absolute Gasteiger partial charge is 0.465 e. The van der Waals surface area contributed by atoms with Crippen molar-refractivity contribution in [2.75, 3.05) is 0 Å². The third kappa shape index (κ3) is 2.82. The molecule has 2 heterocycles. The molecular weight excluding hydrogens is 228 g/mol. The zero-order chi connectivity index (χ0) is 13.1. The van der Waals surface area contributed by atoms with E-state index >= 15 is 0 Å². The first-order chi connectivity index (χ1) is 8.58. The maximum absolute atomic E-state index is 5.59. The molecule has 1 N–H and O–H groups in total. The Hall–Kier alpha value is -1.55. The van der Waals surface area contributed by atoms with Crippen molar-refractivity contribution in [3.05, 3.63) is 41.5 Å². The lowest BCUT2D eigenvalue weighted by molar-refractivity contribution is 0.412. The number of nitrogens with zero attached hydrogens (tertiary/aromatic N) is 1. The van der Waals surface area contributed by atoms with Crippen LogP contribution in [-0.4, -0.2) is 4.98 Å². The van der Waals surface area contributed by atoms with Crippen molar-refractivity contribution in [1.82, 2.24) is 10.3 Å². The van der Waals surface area contributed by atoms with Gasteiger partial charge in [-0.15, -0.1) is 0 Å². The number of hydrogen-bond acceptors (Lipinski definition) is 4. The molecule has 0 saturated heterocycles. The fourth-order valence-electron chi connectivity index (χ4n) is 1.92. The average Bonchev–Trinajstić information content (AvgIpc) is 2.94. The van der Waals surface area contributed by atoms with Gasteiger partial charge in [0, 0.05) is 12.5 Å². The van der Waals surface area contributed by atoms with E-state index in [0.717, 1.165) is 23.0 Å². The lowest BCUT2D eigenvalue weighted by Gasteiger charge is -2.11. The smallest absolute Gasteiger partial charge is 0.181 e. The number of oxazole rings is 1. The van der Waals surface area contributed by atoms with Gasteiger partial charge >= 0.3 is 0 Å². The molecular formula is C14H20N2O2. The van der Waals surface area contributed by atoms with Crippen molar-refractivity contribution in [1.29, 1.82) is 0 Å². The summed E-state index contributed by atoms with van der Waals surface area (Å²) in [7, 11) is 0. The first-order valence-electron chi connectivity index (χ1n) is 6.30. The third-order valence-corrected chi connectivity index (χ3v) is 2.96. The fraction of sp³-hybridized carbons (Fsp3) is 0.500. The number of rotatable bonds is 5. The van der Waals surface area contributed by atoms with Gasteiger partial charge in [0.15, 0.2) is 6.39 Å². The third-order valence-electron chi connectivity index (χ3n) is 2.96. The Balaban J connectivity index is 1.97. The van der Waals surface area contributed by atoms with Crippen LogP contribution in [0.25, 0.3) is 0 Å². The molecule has 4 nitrogen and oxygen atoms in total. The number of hydrogen-bond donors (Lipinski definition) is 1. The molecule has 2 rings (SSSR count). The Kier molecular flexibility index (Phi) is 3.87. The summed E-state index contributed by atoms with van der Waals surface area (Å²) in [6, 6.07) is 4.14. The van der Waals surface area contributed by atoms with Gasteiger partial charge in [0.05, 0.1) is 11.7 Å². The van der Waals surface area contributed by atoms with Crippen molar-refractivity contribution >= 4 is 0 Å². The Morgan fingerprint density at radius 2 is 2.06 bits per heavy atom. The minimum Gasteiger partial charge on any atom is -0.465 e. The van der Waals surface area contributed by atoms with Gasteiger partial charge in [-0.2, -0.15) is 0 Å². The van der Waals surface area contributed by atoms with Gasteiger partial charge in [-0.3, -0.25) is 0 Å². The Morgan fingerprint density at radius 1 is 1.28 bits per heavy atom. The van der Waals surface area contributed by atoms with Crippen LogP contribution in [0.3, 0.4) is 0 Å². The lowest BCUT2D eigenvalue weighted by atomic mass is 10.1. The van der Waals surface area contributed by atoms with Crippen molar-refractivity contribution in [2.45, 2.75) is 46.2 Å². The molecule has 0 spiro atoms. The van der Waals surface area contributed by atoms with E-state index in [9.17, 15) is 0 Å². The van der Waals surface area contributed by atoms with E-state index in [2.05, 4.69) is 31.1 Å². The molecule has 4 heteroatoms. The second-order valence-electron chi connectivity index (χ2n) is 4.87. The summed E-state index contributed by atoms with van der Waals surface area (Å²) in [4.78, 5) is 4.25. The number of nitrogens with one attached hydrogen (secondary N) is 1. The molecule has 2 aromatic heterocycles. The van der Waals surface area contributed by atoms with Gasteiger partial charge in [-0.1, -0.05) is 13.8 Å². The highest BCUT2D eigenvalue weighted by molar-refractivity contribution is 5.12. The van der Waals surface area contributed by atoms with Crippen LogP contribution in [0.5, 0.6) is 0 Å². The second-order valence-corrected chi connectivity index (χ2v) is 4.87. The molecule has 0 aliphatic heterocycles. The molecule has 0 saturated carbocycles. The van der Waals surface area contributed by atoms with Crippen LogP contribution in [0.1, 0.15) is 55.7 Å². The highest BCUT2D eigenvalue weighted by Crippen LogP contribution is 2.20. The predicted octanol–water partition coefficient (Wildman–Crippen LogP) is 3.55. The molecule has 0 bridgehead atoms. The van der Waals surface area contributed by atoms with Gasteiger partial charge in [0.1, 0.15) is 17.3 Å². The monoisotopic (exact) mass is 248 g/mol. The van der Waals surface area contributed by atoms with Crippen molar-refractivity contribution in [3.8, 4) is 0 Å². The molecule has 0 fully saturated rings. The van der Waals surface area contributed by atoms with Crippen molar-refractivity contribution in [2.24, 2.45) is 0 Å². The maximum Gasteiger partial charge on any atom is 0.181 e. The number of furan rings is 1. The average molecular weight is 248 g/mol. The van der Waals surface area contributed by atoms with Gasteiger partial charge in [-0.25, -0.2) is 4.98 Å². The SMILES string of the molecule is Cc1ccc(C(C)NCc2ncoc2C(C)C)o1. The minimum absolute atomic E-state index is 0.162. The van der Waals surface area contributed by atoms with Gasteiger partial charge < -0.3 is 14.2 Å². The normalized spacial score (nSPS) is 13.2. The fourth-order valence-corrected chi connectivity index (χ4v) is 1.92. The maximum atomic E-state index is 5.59. The molecule has 0 aromatic carbocycles. The Labute approximate surface area is 107 Å². The first-order valence-corrected chi connectivity index (χ1v) is 6.30. The van der Waals surface area contributed by atoms with Crippen LogP contribution in [0.2, 0.25) is 0 Å². The van der Waals surface area contributed by atoms with E-state index in [4.69, 9.17) is 8.83 Å². The summed E-state index contributed by atoms with van der Waals surface area (Å²) >= 11 is 0. The van der Waals surface area contributed by atoms with Gasteiger partial charge in [0.25, 0.3) is 0 Å². The zero-order valence-corrected chi connectivity index (χ0v) is 11.4. The van der Waals surface area contributed by atoms with E-state index in [0.29, 0.717) is 12.5 Å². The van der Waals surface area contributed by atoms with E-state index in [1.807, 2.05) is 19.1 Å². The van der Waals surface area contributed by atoms with Crippen LogP contribution in [0.4, 0.5) is 0 Å². The van der Waals surface area contributed by atoms with Crippen molar-refractivity contribution in [3.63, 3.8) is 0 Å². The number of aromatic nitrogens is 1. The number of aryl methyl sites for hydroxylation is 1. The van der Waals surface area contributed by atoms with Crippen molar-refractivity contribution < 1.29 is 8.83 Å². The molecule has 1 atom stereocenters. The topological polar surface area (TPSA) is 51.2 Å². The minimum atomic E-state index is 0.162. The van der Waals surface area contributed by atoms with E-state index in [1.54, 1.807) is 0 Å². The molecule has 1 unspecified atom stereocenters. The Morgan fingerprint density at radius 3 is 2.67 bits per heavy atom. The summed E-state index contributed by atoms with van der Waals surface area (Å²) in [6.45, 7) is 8.91. The van der Waals surface area contributed by atoms with Gasteiger partial charge in [-0.05, 0) is 26.0 Å². The quantitative estimate of drug-likeness (QED) is 0.879. The van der Waals surface area contributed by atoms with Crippen LogP contribution in [-0.2, 0) is 6.54 Å². The van der Waals surface area contributed by atoms with Crippen LogP contribution >= 0.6 is 0 Å². The van der Waals surface area contributed by atoms with Crippen LogP contribution in [0.15, 0.2) is 27.4 Å². The molecule has 0 aliphatic carbocycles. The summed E-state index contributed by atoms with van der Waals surface area (Å²) in [5.74, 6) is 3.18. The lowest BCUT2D eigenvalue weighted by Crippen LogP contribution is -2.18. The van der Waals surface area contributed by atoms with Crippen LogP contribution < -0.4 is 5.32 Å². The van der Waals surface area contributed by atoms with Gasteiger partial charge in [0.2, 0.25) is 0 Å². The highest BCUT2D eigenvalue weighted by Gasteiger charge is 2.14. The first kappa shape index (κ1) is 12.9. The molecule has 0 amide bonds. The molecule has 0 aliphatic rings. The van der Waals surface area contributed by atoms with E-state index in [1.165, 1.54) is 6.39 Å². The molecule has 98 valence electrons. The van der Waals surface area contributed by atoms with E-state index in [-0.39, 0.29) is 6.04 Å². The Bertz CT molecular complexity index is 499. The molecule has 0 radical (unpaired) electrons. The zero-order valence-electron chi connectivity index (χ0n) is 11.4. The molecule has 18 heavy (non-hydrogen) atoms. The van der Waals surface area contributed by atoms with E-state index < -0.39 is 0 Å². The predicted molar refractivity (Wildman–Crippen MR) is 69.3 cm³/mol. The summed E-state index contributed by atoms with van der Waals surface area (Å²) in [5, 5.41) is 3.39. The summed E-state index contributed by atoms with van der Waals surface area (Å²) < 4.78 is 11.0. The summed E-state index contributed by atoms with van der Waals surface area (Å²) in [6.07, 6.45) is 1.51. The highest BCUT2D eigenvalue weighted by atomic mass is 16.3. The molecule has 2 aromatic rings. The second kappa shape index (κ2) is 5.40. The summed E-state index contributed by atoms with van der Waals surface area (Å²) in [5.41, 5.74) is 0.972. The van der Waals surface area contributed by atoms with Crippen LogP contribution in [0, 0.1) is 6.92 Å². The standard InChI is InChI=1S/C14H20N2O2/c1-9(2)14-12(16-8-17-14)7-15-11(4)13-6-5-10(3)18-13/h5-6,8-9,11,15H,7H2,1-4H3.